The number of alkyl halides is 2. The molecule has 2 rings (SSSR count). The molecule has 0 saturated heterocycles. The maximum Gasteiger partial charge on any atom is 0.248 e. The summed E-state index contributed by atoms with van der Waals surface area (Å²) in [5.74, 6) is -1.93. The molecule has 0 aromatic heterocycles. The van der Waals surface area contributed by atoms with Gasteiger partial charge in [0.05, 0.1) is 0 Å². The predicted octanol–water partition coefficient (Wildman–Crippen LogP) is 4.75. The number of hydrogen-bond acceptors (Lipinski definition) is 1. The van der Waals surface area contributed by atoms with E-state index in [1.54, 1.807) is 0 Å². The molecule has 19 heavy (non-hydrogen) atoms. The topological polar surface area (TPSA) is 12.0 Å². The van der Waals surface area contributed by atoms with Gasteiger partial charge >= 0.3 is 0 Å². The van der Waals surface area contributed by atoms with Crippen LogP contribution >= 0.6 is 15.9 Å². The molecule has 106 valence electrons. The Morgan fingerprint density at radius 3 is 2.42 bits per heavy atom. The van der Waals surface area contributed by atoms with Gasteiger partial charge in [0.2, 0.25) is 5.92 Å². The Hall–Kier alpha value is -0.480. The van der Waals surface area contributed by atoms with Gasteiger partial charge in [-0.2, -0.15) is 0 Å². The zero-order valence-electron chi connectivity index (χ0n) is 11.0. The van der Waals surface area contributed by atoms with E-state index in [1.807, 2.05) is 12.1 Å². The van der Waals surface area contributed by atoms with E-state index >= 15 is 0 Å². The Balaban J connectivity index is 1.61. The molecule has 0 radical (unpaired) electrons. The highest BCUT2D eigenvalue weighted by molar-refractivity contribution is 9.10. The molecule has 1 saturated carbocycles. The van der Waals surface area contributed by atoms with E-state index in [4.69, 9.17) is 0 Å². The van der Waals surface area contributed by atoms with E-state index in [2.05, 4.69) is 33.4 Å². The lowest BCUT2D eigenvalue weighted by Gasteiger charge is -2.28. The molecule has 1 aliphatic carbocycles. The first kappa shape index (κ1) is 14.9. The lowest BCUT2D eigenvalue weighted by Crippen LogP contribution is -2.26. The molecule has 0 amide bonds. The minimum Gasteiger partial charge on any atom is -0.313 e. The van der Waals surface area contributed by atoms with Gasteiger partial charge < -0.3 is 5.32 Å². The minimum absolute atomic E-state index is 0.0738. The first-order valence-corrected chi connectivity index (χ1v) is 7.67. The van der Waals surface area contributed by atoms with Crippen LogP contribution in [0.25, 0.3) is 0 Å². The van der Waals surface area contributed by atoms with Crippen LogP contribution in [0.5, 0.6) is 0 Å². The standard InChI is InChI=1S/C15H20BrF2N/c16-14-3-1-13(2-4-14)11-19-10-7-12-5-8-15(17,18)9-6-12/h1-4,12,19H,5-11H2. The van der Waals surface area contributed by atoms with Crippen molar-refractivity contribution in [2.45, 2.75) is 44.6 Å². The van der Waals surface area contributed by atoms with Crippen molar-refractivity contribution in [1.29, 1.82) is 0 Å². The van der Waals surface area contributed by atoms with Crippen molar-refractivity contribution >= 4 is 15.9 Å². The Morgan fingerprint density at radius 1 is 1.16 bits per heavy atom. The van der Waals surface area contributed by atoms with Crippen molar-refractivity contribution in [3.05, 3.63) is 34.3 Å². The SMILES string of the molecule is FC1(F)CCC(CCNCc2ccc(Br)cc2)CC1. The third kappa shape index (κ3) is 5.19. The van der Waals surface area contributed by atoms with Gasteiger partial charge in [0.15, 0.2) is 0 Å². The van der Waals surface area contributed by atoms with E-state index in [0.29, 0.717) is 18.8 Å². The first-order chi connectivity index (χ1) is 9.05. The lowest BCUT2D eigenvalue weighted by atomic mass is 9.85. The molecule has 1 nitrogen and oxygen atoms in total. The third-order valence-electron chi connectivity index (χ3n) is 3.81. The zero-order valence-corrected chi connectivity index (χ0v) is 12.6. The number of rotatable bonds is 5. The second-order valence-corrected chi connectivity index (χ2v) is 6.31. The summed E-state index contributed by atoms with van der Waals surface area (Å²) >= 11 is 3.41. The molecule has 0 heterocycles. The molecule has 1 aliphatic rings. The van der Waals surface area contributed by atoms with Gasteiger partial charge in [-0.1, -0.05) is 28.1 Å². The maximum atomic E-state index is 13.0. The summed E-state index contributed by atoms with van der Waals surface area (Å²) in [5, 5.41) is 3.39. The molecular formula is C15H20BrF2N. The smallest absolute Gasteiger partial charge is 0.248 e. The van der Waals surface area contributed by atoms with Gasteiger partial charge in [-0.05, 0) is 49.4 Å². The fourth-order valence-electron chi connectivity index (χ4n) is 2.53. The van der Waals surface area contributed by atoms with Crippen LogP contribution in [0.4, 0.5) is 8.78 Å². The molecule has 0 atom stereocenters. The fourth-order valence-corrected chi connectivity index (χ4v) is 2.79. The molecule has 0 bridgehead atoms. The molecule has 1 N–H and O–H groups in total. The second-order valence-electron chi connectivity index (χ2n) is 5.39. The normalized spacial score (nSPS) is 19.5. The van der Waals surface area contributed by atoms with E-state index in [9.17, 15) is 8.78 Å². The Kier molecular flexibility index (Phi) is 5.34. The average molecular weight is 332 g/mol. The van der Waals surface area contributed by atoms with Crippen LogP contribution in [0.3, 0.4) is 0 Å². The number of halogens is 3. The quantitative estimate of drug-likeness (QED) is 0.767. The van der Waals surface area contributed by atoms with Crippen molar-refractivity contribution in [3.8, 4) is 0 Å². The lowest BCUT2D eigenvalue weighted by molar-refractivity contribution is -0.0464. The van der Waals surface area contributed by atoms with E-state index in [1.165, 1.54) is 5.56 Å². The van der Waals surface area contributed by atoms with Gasteiger partial charge in [0.25, 0.3) is 0 Å². The summed E-state index contributed by atoms with van der Waals surface area (Å²) in [4.78, 5) is 0. The third-order valence-corrected chi connectivity index (χ3v) is 4.34. The summed E-state index contributed by atoms with van der Waals surface area (Å²) in [7, 11) is 0. The van der Waals surface area contributed by atoms with Crippen molar-refractivity contribution in [1.82, 2.24) is 5.32 Å². The van der Waals surface area contributed by atoms with Gasteiger partial charge in [-0.25, -0.2) is 8.78 Å². The Bertz CT molecular complexity index is 382. The Morgan fingerprint density at radius 2 is 1.79 bits per heavy atom. The first-order valence-electron chi connectivity index (χ1n) is 6.88. The summed E-state index contributed by atoms with van der Waals surface area (Å²) in [6.45, 7) is 1.75. The fraction of sp³-hybridized carbons (Fsp3) is 0.600. The van der Waals surface area contributed by atoms with Gasteiger partial charge in [0, 0.05) is 23.9 Å². The highest BCUT2D eigenvalue weighted by atomic mass is 79.9. The van der Waals surface area contributed by atoms with Crippen molar-refractivity contribution in [2.24, 2.45) is 5.92 Å². The van der Waals surface area contributed by atoms with Gasteiger partial charge in [0.1, 0.15) is 0 Å². The van der Waals surface area contributed by atoms with Gasteiger partial charge in [-0.15, -0.1) is 0 Å². The summed E-state index contributed by atoms with van der Waals surface area (Å²) in [6.07, 6.45) is 2.50. The van der Waals surface area contributed by atoms with Crippen LogP contribution in [0, 0.1) is 5.92 Å². The second kappa shape index (κ2) is 6.80. The highest BCUT2D eigenvalue weighted by Crippen LogP contribution is 2.37. The van der Waals surface area contributed by atoms with Crippen molar-refractivity contribution < 1.29 is 8.78 Å². The van der Waals surface area contributed by atoms with Crippen LogP contribution in [0.2, 0.25) is 0 Å². The molecule has 4 heteroatoms. The summed E-state index contributed by atoms with van der Waals surface area (Å²) in [5.41, 5.74) is 1.25. The number of benzene rings is 1. The molecule has 1 fully saturated rings. The molecule has 0 spiro atoms. The predicted molar refractivity (Wildman–Crippen MR) is 77.4 cm³/mol. The molecular weight excluding hydrogens is 312 g/mol. The van der Waals surface area contributed by atoms with Crippen LogP contribution in [0.15, 0.2) is 28.7 Å². The Labute approximate surface area is 121 Å². The van der Waals surface area contributed by atoms with Crippen LogP contribution in [-0.2, 0) is 6.54 Å². The highest BCUT2D eigenvalue weighted by Gasteiger charge is 2.34. The summed E-state index contributed by atoms with van der Waals surface area (Å²) in [6, 6.07) is 8.22. The zero-order chi connectivity index (χ0) is 13.7. The van der Waals surface area contributed by atoms with Crippen molar-refractivity contribution in [2.75, 3.05) is 6.54 Å². The minimum atomic E-state index is -2.40. The van der Waals surface area contributed by atoms with Crippen LogP contribution < -0.4 is 5.32 Å². The van der Waals surface area contributed by atoms with E-state index in [-0.39, 0.29) is 12.8 Å². The van der Waals surface area contributed by atoms with Gasteiger partial charge in [-0.3, -0.25) is 0 Å². The molecule has 0 aliphatic heterocycles. The van der Waals surface area contributed by atoms with Crippen LogP contribution in [-0.4, -0.2) is 12.5 Å². The molecule has 1 aromatic carbocycles. The van der Waals surface area contributed by atoms with E-state index < -0.39 is 5.92 Å². The summed E-state index contributed by atoms with van der Waals surface area (Å²) < 4.78 is 27.1. The van der Waals surface area contributed by atoms with Crippen LogP contribution in [0.1, 0.15) is 37.7 Å². The van der Waals surface area contributed by atoms with E-state index in [0.717, 1.165) is 24.0 Å². The largest absolute Gasteiger partial charge is 0.313 e. The maximum absolute atomic E-state index is 13.0. The average Bonchev–Trinajstić information content (AvgIpc) is 2.38. The molecule has 1 aromatic rings. The van der Waals surface area contributed by atoms with Crippen molar-refractivity contribution in [3.63, 3.8) is 0 Å². The molecule has 0 unspecified atom stereocenters. The monoisotopic (exact) mass is 331 g/mol. The number of hydrogen-bond donors (Lipinski definition) is 1. The number of nitrogens with one attached hydrogen (secondary N) is 1.